The van der Waals surface area contributed by atoms with E-state index in [2.05, 4.69) is 10.3 Å². The van der Waals surface area contributed by atoms with Crippen molar-refractivity contribution in [2.45, 2.75) is 11.7 Å². The van der Waals surface area contributed by atoms with Gasteiger partial charge in [0.05, 0.1) is 10.9 Å². The summed E-state index contributed by atoms with van der Waals surface area (Å²) in [6.07, 6.45) is 0.644. The molecule has 1 atom stereocenters. The number of hydrogen-bond donors (Lipinski definition) is 1. The van der Waals surface area contributed by atoms with Gasteiger partial charge < -0.3 is 5.32 Å². The van der Waals surface area contributed by atoms with Gasteiger partial charge in [0.15, 0.2) is 5.17 Å². The van der Waals surface area contributed by atoms with Gasteiger partial charge in [-0.3, -0.25) is 4.79 Å². The molecule has 0 radical (unpaired) electrons. The van der Waals surface area contributed by atoms with E-state index in [0.29, 0.717) is 16.6 Å². The Bertz CT molecular complexity index is 688. The Morgan fingerprint density at radius 1 is 1.14 bits per heavy atom. The van der Waals surface area contributed by atoms with Crippen LogP contribution < -0.4 is 5.32 Å². The topological polar surface area (TPSA) is 41.5 Å². The van der Waals surface area contributed by atoms with Crippen LogP contribution in [0.2, 0.25) is 5.02 Å². The lowest BCUT2D eigenvalue weighted by Crippen LogP contribution is -2.25. The molecule has 0 aliphatic carbocycles. The maximum atomic E-state index is 12.0. The highest BCUT2D eigenvalue weighted by Gasteiger charge is 2.30. The van der Waals surface area contributed by atoms with Crippen LogP contribution in [0.25, 0.3) is 0 Å². The quantitative estimate of drug-likeness (QED) is 0.935. The first-order valence-electron chi connectivity index (χ1n) is 6.56. The van der Waals surface area contributed by atoms with E-state index < -0.39 is 0 Å². The van der Waals surface area contributed by atoms with Gasteiger partial charge in [-0.25, -0.2) is 4.99 Å². The third kappa shape index (κ3) is 3.65. The lowest BCUT2D eigenvalue weighted by molar-refractivity contribution is -0.118. The van der Waals surface area contributed by atoms with Gasteiger partial charge in [0.1, 0.15) is 0 Å². The van der Waals surface area contributed by atoms with Gasteiger partial charge in [0, 0.05) is 5.02 Å². The Kier molecular flexibility index (Phi) is 4.27. The molecule has 0 unspecified atom stereocenters. The standard InChI is InChI=1S/C16H13ClN2OS/c17-12-6-4-5-11(9-12)10-14-15(20)19-16(21-14)18-13-7-2-1-3-8-13/h1-9,14H,10H2,(H,18,19,20)/t14-/m0/s1. The molecule has 3 rings (SSSR count). The number of hydrogen-bond acceptors (Lipinski definition) is 3. The highest BCUT2D eigenvalue weighted by atomic mass is 35.5. The average molecular weight is 317 g/mol. The maximum absolute atomic E-state index is 12.0. The second-order valence-corrected chi connectivity index (χ2v) is 6.31. The fourth-order valence-corrected chi connectivity index (χ4v) is 3.33. The molecule has 5 heteroatoms. The van der Waals surface area contributed by atoms with Crippen LogP contribution in [0.3, 0.4) is 0 Å². The highest BCUT2D eigenvalue weighted by molar-refractivity contribution is 8.15. The van der Waals surface area contributed by atoms with E-state index in [4.69, 9.17) is 11.6 Å². The van der Waals surface area contributed by atoms with Gasteiger partial charge in [0.25, 0.3) is 0 Å². The number of nitrogens with one attached hydrogen (secondary N) is 1. The van der Waals surface area contributed by atoms with Crippen molar-refractivity contribution in [2.75, 3.05) is 0 Å². The third-order valence-electron chi connectivity index (χ3n) is 3.07. The molecule has 0 aromatic heterocycles. The molecule has 1 fully saturated rings. The Labute approximate surface area is 132 Å². The van der Waals surface area contributed by atoms with E-state index in [1.165, 1.54) is 11.8 Å². The fraction of sp³-hybridized carbons (Fsp3) is 0.125. The molecule has 21 heavy (non-hydrogen) atoms. The maximum Gasteiger partial charge on any atom is 0.239 e. The van der Waals surface area contributed by atoms with Crippen molar-refractivity contribution in [3.8, 4) is 0 Å². The van der Waals surface area contributed by atoms with Crippen molar-refractivity contribution >= 4 is 40.1 Å². The molecule has 1 N–H and O–H groups in total. The number of nitrogens with zero attached hydrogens (tertiary/aromatic N) is 1. The number of amides is 1. The number of thioether (sulfide) groups is 1. The van der Waals surface area contributed by atoms with E-state index in [-0.39, 0.29) is 11.2 Å². The molecule has 0 spiro atoms. The summed E-state index contributed by atoms with van der Waals surface area (Å²) in [5.74, 6) is -0.00495. The minimum atomic E-state index is -0.161. The molecule has 1 heterocycles. The predicted molar refractivity (Wildman–Crippen MR) is 88.2 cm³/mol. The van der Waals surface area contributed by atoms with Crippen molar-refractivity contribution < 1.29 is 4.79 Å². The zero-order chi connectivity index (χ0) is 14.7. The number of halogens is 1. The molecule has 1 aliphatic heterocycles. The smallest absolute Gasteiger partial charge is 0.239 e. The molecule has 2 aromatic rings. The second-order valence-electron chi connectivity index (χ2n) is 4.68. The molecular formula is C16H13ClN2OS. The van der Waals surface area contributed by atoms with Gasteiger partial charge in [-0.15, -0.1) is 0 Å². The molecule has 1 amide bonds. The number of carbonyl (C=O) groups is 1. The summed E-state index contributed by atoms with van der Waals surface area (Å²) in [4.78, 5) is 16.5. The molecule has 2 aromatic carbocycles. The van der Waals surface area contributed by atoms with Crippen LogP contribution in [0.5, 0.6) is 0 Å². The zero-order valence-electron chi connectivity index (χ0n) is 11.1. The lowest BCUT2D eigenvalue weighted by Gasteiger charge is -2.05. The first kappa shape index (κ1) is 14.2. The van der Waals surface area contributed by atoms with E-state index in [1.54, 1.807) is 0 Å². The number of amidine groups is 1. The highest BCUT2D eigenvalue weighted by Crippen LogP contribution is 2.26. The van der Waals surface area contributed by atoms with Crippen molar-refractivity contribution in [1.29, 1.82) is 0 Å². The SMILES string of the molecule is O=C1NC(=Nc2ccccc2)S[C@H]1Cc1cccc(Cl)c1. The number of carbonyl (C=O) groups excluding carboxylic acids is 1. The number of aliphatic imine (C=N–C) groups is 1. The van der Waals surface area contributed by atoms with Crippen molar-refractivity contribution in [2.24, 2.45) is 4.99 Å². The normalized spacial score (nSPS) is 19.8. The monoisotopic (exact) mass is 316 g/mol. The van der Waals surface area contributed by atoms with Gasteiger partial charge in [-0.2, -0.15) is 0 Å². The van der Waals surface area contributed by atoms with Crippen LogP contribution in [0.1, 0.15) is 5.56 Å². The zero-order valence-corrected chi connectivity index (χ0v) is 12.7. The number of rotatable bonds is 3. The second kappa shape index (κ2) is 6.33. The van der Waals surface area contributed by atoms with Crippen LogP contribution in [0, 0.1) is 0 Å². The number of para-hydroxylation sites is 1. The van der Waals surface area contributed by atoms with Crippen molar-refractivity contribution in [3.63, 3.8) is 0 Å². The lowest BCUT2D eigenvalue weighted by atomic mass is 10.1. The van der Waals surface area contributed by atoms with Gasteiger partial charge in [-0.05, 0) is 36.2 Å². The largest absolute Gasteiger partial charge is 0.304 e. The minimum Gasteiger partial charge on any atom is -0.304 e. The summed E-state index contributed by atoms with van der Waals surface area (Å²) >= 11 is 7.43. The molecule has 0 saturated carbocycles. The molecule has 1 saturated heterocycles. The van der Waals surface area contributed by atoms with E-state index >= 15 is 0 Å². The van der Waals surface area contributed by atoms with Crippen molar-refractivity contribution in [1.82, 2.24) is 5.32 Å². The first-order valence-corrected chi connectivity index (χ1v) is 7.82. The van der Waals surface area contributed by atoms with Crippen molar-refractivity contribution in [3.05, 3.63) is 65.2 Å². The Balaban J connectivity index is 1.72. The average Bonchev–Trinajstić information content (AvgIpc) is 2.80. The number of benzene rings is 2. The molecule has 0 bridgehead atoms. The van der Waals surface area contributed by atoms with Crippen LogP contribution in [0.4, 0.5) is 5.69 Å². The van der Waals surface area contributed by atoms with Crippen LogP contribution in [-0.2, 0) is 11.2 Å². The summed E-state index contributed by atoms with van der Waals surface area (Å²) in [6, 6.07) is 17.2. The van der Waals surface area contributed by atoms with Crippen LogP contribution in [0.15, 0.2) is 59.6 Å². The summed E-state index contributed by atoms with van der Waals surface area (Å²) < 4.78 is 0. The molecule has 3 nitrogen and oxygen atoms in total. The minimum absolute atomic E-state index is 0.00495. The van der Waals surface area contributed by atoms with E-state index in [0.717, 1.165) is 11.3 Å². The molecule has 106 valence electrons. The Morgan fingerprint density at radius 2 is 1.95 bits per heavy atom. The van der Waals surface area contributed by atoms with Crippen LogP contribution in [-0.4, -0.2) is 16.3 Å². The Morgan fingerprint density at radius 3 is 2.71 bits per heavy atom. The Hall–Kier alpha value is -1.78. The summed E-state index contributed by atoms with van der Waals surface area (Å²) in [6.45, 7) is 0. The first-order chi connectivity index (χ1) is 10.2. The molecule has 1 aliphatic rings. The van der Waals surface area contributed by atoms with Gasteiger partial charge >= 0.3 is 0 Å². The van der Waals surface area contributed by atoms with Crippen LogP contribution >= 0.6 is 23.4 Å². The predicted octanol–water partition coefficient (Wildman–Crippen LogP) is 3.80. The fourth-order valence-electron chi connectivity index (χ4n) is 2.09. The van der Waals surface area contributed by atoms with E-state index in [9.17, 15) is 4.79 Å². The summed E-state index contributed by atoms with van der Waals surface area (Å²) in [7, 11) is 0. The summed E-state index contributed by atoms with van der Waals surface area (Å²) in [5, 5.41) is 4.01. The summed E-state index contributed by atoms with van der Waals surface area (Å²) in [5.41, 5.74) is 1.89. The van der Waals surface area contributed by atoms with Gasteiger partial charge in [0.2, 0.25) is 5.91 Å². The van der Waals surface area contributed by atoms with Gasteiger partial charge in [-0.1, -0.05) is 53.7 Å². The molecular weight excluding hydrogens is 304 g/mol. The third-order valence-corrected chi connectivity index (χ3v) is 4.39. The van der Waals surface area contributed by atoms with E-state index in [1.807, 2.05) is 54.6 Å².